The van der Waals surface area contributed by atoms with Gasteiger partial charge in [0.2, 0.25) is 0 Å². The quantitative estimate of drug-likeness (QED) is 0.607. The normalized spacial score (nSPS) is 13.7. The van der Waals surface area contributed by atoms with Crippen LogP contribution >= 0.6 is 25.3 Å². The molecule has 0 aromatic heterocycles. The molecule has 0 aliphatic carbocycles. The molecular weight excluding hydrogens is 290 g/mol. The van der Waals surface area contributed by atoms with Gasteiger partial charge in [0, 0.05) is 0 Å². The minimum absolute atomic E-state index is 0.179. The number of amides is 1. The number of aryl methyl sites for hydroxylation is 1. The van der Waals surface area contributed by atoms with E-state index in [2.05, 4.69) is 25.3 Å². The Hall–Kier alpha value is -0.810. The number of thiol groups is 2. The highest BCUT2D eigenvalue weighted by molar-refractivity contribution is 7.81. The van der Waals surface area contributed by atoms with E-state index in [1.165, 1.54) is 0 Å². The molecule has 3 nitrogen and oxygen atoms in total. The van der Waals surface area contributed by atoms with Gasteiger partial charge in [0.05, 0.1) is 10.7 Å². The van der Waals surface area contributed by atoms with Crippen LogP contribution in [0.2, 0.25) is 0 Å². The fourth-order valence-electron chi connectivity index (χ4n) is 1.82. The fraction of sp³-hybridized carbons (Fsp3) is 0.533. The highest BCUT2D eigenvalue weighted by Crippen LogP contribution is 2.20. The molecule has 1 rings (SSSR count). The van der Waals surface area contributed by atoms with Crippen molar-refractivity contribution in [2.75, 3.05) is 0 Å². The highest BCUT2D eigenvalue weighted by Gasteiger charge is 2.26. The zero-order chi connectivity index (χ0) is 15.1. The van der Waals surface area contributed by atoms with Gasteiger partial charge in [0.15, 0.2) is 0 Å². The lowest BCUT2D eigenvalue weighted by molar-refractivity contribution is 0.0879. The van der Waals surface area contributed by atoms with Gasteiger partial charge in [-0.1, -0.05) is 38.1 Å². The summed E-state index contributed by atoms with van der Waals surface area (Å²) >= 11 is 8.87. The molecule has 112 valence electrons. The lowest BCUT2D eigenvalue weighted by Gasteiger charge is -2.31. The van der Waals surface area contributed by atoms with E-state index in [1.54, 1.807) is 4.90 Å². The second-order valence-electron chi connectivity index (χ2n) is 4.67. The van der Waals surface area contributed by atoms with Gasteiger partial charge in [-0.15, -0.1) is 0 Å². The van der Waals surface area contributed by atoms with Crippen LogP contribution in [0.15, 0.2) is 24.3 Å². The number of hydrogen-bond acceptors (Lipinski definition) is 4. The Balaban J connectivity index is 2.69. The topological polar surface area (TPSA) is 29.5 Å². The number of rotatable bonds is 6. The highest BCUT2D eigenvalue weighted by atomic mass is 32.1. The molecule has 0 aliphatic rings. The van der Waals surface area contributed by atoms with Gasteiger partial charge in [-0.25, -0.2) is 4.79 Å². The second-order valence-corrected chi connectivity index (χ2v) is 5.86. The first kappa shape index (κ1) is 17.2. The zero-order valence-electron chi connectivity index (χ0n) is 12.2. The predicted molar refractivity (Wildman–Crippen MR) is 89.3 cm³/mol. The predicted octanol–water partition coefficient (Wildman–Crippen LogP) is 4.27. The van der Waals surface area contributed by atoms with Crippen LogP contribution < -0.4 is 0 Å². The molecule has 0 aliphatic heterocycles. The minimum Gasteiger partial charge on any atom is -0.444 e. The lowest BCUT2D eigenvalue weighted by Crippen LogP contribution is -2.42. The van der Waals surface area contributed by atoms with Crippen molar-refractivity contribution in [1.29, 1.82) is 0 Å². The molecule has 0 heterocycles. The first-order valence-electron chi connectivity index (χ1n) is 6.86. The van der Waals surface area contributed by atoms with E-state index in [0.29, 0.717) is 0 Å². The van der Waals surface area contributed by atoms with Gasteiger partial charge in [-0.2, -0.15) is 25.3 Å². The van der Waals surface area contributed by atoms with Crippen LogP contribution in [0.4, 0.5) is 4.79 Å². The molecule has 1 amide bonds. The van der Waals surface area contributed by atoms with E-state index in [-0.39, 0.29) is 23.4 Å². The number of hydrogen-bond donors (Lipinski definition) is 2. The summed E-state index contributed by atoms with van der Waals surface area (Å²) in [5.41, 5.74) is 2.13. The molecule has 0 bridgehead atoms. The van der Waals surface area contributed by atoms with E-state index in [9.17, 15) is 4.79 Å². The zero-order valence-corrected chi connectivity index (χ0v) is 14.0. The average molecular weight is 313 g/mol. The summed E-state index contributed by atoms with van der Waals surface area (Å²) in [7, 11) is 0. The molecule has 0 radical (unpaired) electrons. The van der Waals surface area contributed by atoms with E-state index in [0.717, 1.165) is 24.0 Å². The van der Waals surface area contributed by atoms with Crippen LogP contribution in [0.25, 0.3) is 0 Å². The second kappa shape index (κ2) is 8.47. The largest absolute Gasteiger partial charge is 0.444 e. The molecule has 0 saturated carbocycles. The summed E-state index contributed by atoms with van der Waals surface area (Å²) in [6.45, 7) is 6.24. The van der Waals surface area contributed by atoms with E-state index < -0.39 is 0 Å². The molecule has 0 fully saturated rings. The van der Waals surface area contributed by atoms with Crippen molar-refractivity contribution >= 4 is 31.4 Å². The van der Waals surface area contributed by atoms with Gasteiger partial charge >= 0.3 is 6.09 Å². The van der Waals surface area contributed by atoms with Crippen LogP contribution in [-0.2, 0) is 11.3 Å². The van der Waals surface area contributed by atoms with Crippen LogP contribution in [0.3, 0.4) is 0 Å². The van der Waals surface area contributed by atoms with Gasteiger partial charge < -0.3 is 4.74 Å². The van der Waals surface area contributed by atoms with Crippen LogP contribution in [0, 0.1) is 6.92 Å². The molecule has 2 atom stereocenters. The number of nitrogens with zero attached hydrogens (tertiary/aromatic N) is 1. The fourth-order valence-corrected chi connectivity index (χ4v) is 2.44. The summed E-state index contributed by atoms with van der Waals surface area (Å²) in [5.74, 6) is 0. The summed E-state index contributed by atoms with van der Waals surface area (Å²) in [4.78, 5) is 13.8. The third kappa shape index (κ3) is 4.63. The Kier molecular flexibility index (Phi) is 7.30. The Labute approximate surface area is 132 Å². The van der Waals surface area contributed by atoms with E-state index >= 15 is 0 Å². The molecule has 0 N–H and O–H groups in total. The van der Waals surface area contributed by atoms with Gasteiger partial charge in [0.25, 0.3) is 0 Å². The molecule has 2 unspecified atom stereocenters. The molecule has 1 aromatic carbocycles. The standard InChI is InChI=1S/C15H23NO2S2/c1-4-13(19)16(14(20)5-2)15(17)18-10-12-9-7-6-8-11(12)3/h6-9,13-14,19-20H,4-5,10H2,1-3H3. The summed E-state index contributed by atoms with van der Waals surface area (Å²) in [5, 5.41) is -0.358. The minimum atomic E-state index is -0.364. The first-order valence-corrected chi connectivity index (χ1v) is 7.90. The summed E-state index contributed by atoms with van der Waals surface area (Å²) in [6, 6.07) is 7.87. The van der Waals surface area contributed by atoms with Crippen LogP contribution in [-0.4, -0.2) is 21.7 Å². The number of benzene rings is 1. The first-order chi connectivity index (χ1) is 9.51. The maximum atomic E-state index is 12.2. The molecule has 1 aromatic rings. The van der Waals surface area contributed by atoms with Gasteiger partial charge in [0.1, 0.15) is 6.61 Å². The van der Waals surface area contributed by atoms with E-state index in [4.69, 9.17) is 4.74 Å². The van der Waals surface area contributed by atoms with Crippen molar-refractivity contribution in [2.45, 2.75) is 51.0 Å². The lowest BCUT2D eigenvalue weighted by atomic mass is 10.1. The number of ether oxygens (including phenoxy) is 1. The molecule has 0 spiro atoms. The molecule has 5 heteroatoms. The smallest absolute Gasteiger partial charge is 0.411 e. The van der Waals surface area contributed by atoms with Crippen molar-refractivity contribution in [3.63, 3.8) is 0 Å². The Morgan fingerprint density at radius 1 is 1.20 bits per heavy atom. The summed E-state index contributed by atoms with van der Waals surface area (Å²) in [6.07, 6.45) is 1.14. The van der Waals surface area contributed by atoms with Crippen molar-refractivity contribution in [3.8, 4) is 0 Å². The average Bonchev–Trinajstić information content (AvgIpc) is 2.46. The van der Waals surface area contributed by atoms with Crippen molar-refractivity contribution in [1.82, 2.24) is 4.90 Å². The molecular formula is C15H23NO2S2. The Bertz CT molecular complexity index is 430. The maximum Gasteiger partial charge on any atom is 0.411 e. The van der Waals surface area contributed by atoms with Crippen molar-refractivity contribution < 1.29 is 9.53 Å². The van der Waals surface area contributed by atoms with Gasteiger partial charge in [-0.05, 0) is 30.9 Å². The monoisotopic (exact) mass is 313 g/mol. The summed E-state index contributed by atoms with van der Waals surface area (Å²) < 4.78 is 5.41. The Morgan fingerprint density at radius 3 is 2.25 bits per heavy atom. The van der Waals surface area contributed by atoms with Crippen LogP contribution in [0.5, 0.6) is 0 Å². The van der Waals surface area contributed by atoms with Crippen molar-refractivity contribution in [3.05, 3.63) is 35.4 Å². The van der Waals surface area contributed by atoms with E-state index in [1.807, 2.05) is 45.0 Å². The third-order valence-corrected chi connectivity index (χ3v) is 4.42. The SMILES string of the molecule is CCC(S)N(C(=O)OCc1ccccc1C)C(S)CC. The van der Waals surface area contributed by atoms with Crippen molar-refractivity contribution in [2.24, 2.45) is 0 Å². The third-order valence-electron chi connectivity index (χ3n) is 3.20. The number of carbonyl (C=O) groups excluding carboxylic acids is 1. The maximum absolute atomic E-state index is 12.2. The number of carbonyl (C=O) groups is 1. The van der Waals surface area contributed by atoms with Gasteiger partial charge in [-0.3, -0.25) is 4.90 Å². The Morgan fingerprint density at radius 2 is 1.75 bits per heavy atom. The molecule has 0 saturated heterocycles. The molecule has 20 heavy (non-hydrogen) atoms. The van der Waals surface area contributed by atoms with Crippen LogP contribution in [0.1, 0.15) is 37.8 Å².